The Morgan fingerprint density at radius 3 is 2.77 bits per heavy atom. The Morgan fingerprint density at radius 2 is 1.92 bits per heavy atom. The zero-order chi connectivity index (χ0) is 17.9. The van der Waals surface area contributed by atoms with Crippen LogP contribution in [0.1, 0.15) is 5.56 Å². The molecule has 130 valence electrons. The lowest BCUT2D eigenvalue weighted by molar-refractivity contribution is -0.116. The van der Waals surface area contributed by atoms with E-state index in [9.17, 15) is 4.79 Å². The maximum absolute atomic E-state index is 12.3. The quantitative estimate of drug-likeness (QED) is 0.548. The third-order valence-electron chi connectivity index (χ3n) is 3.89. The number of carbonyl (C=O) groups is 1. The summed E-state index contributed by atoms with van der Waals surface area (Å²) in [6.07, 6.45) is 3.44. The van der Waals surface area contributed by atoms with Crippen LogP contribution in [0, 0.1) is 0 Å². The number of fused-ring (bicyclic) bond motifs is 1. The van der Waals surface area contributed by atoms with E-state index < -0.39 is 0 Å². The van der Waals surface area contributed by atoms with E-state index in [1.165, 1.54) is 0 Å². The van der Waals surface area contributed by atoms with Crippen LogP contribution in [0.15, 0.2) is 65.4 Å². The second-order valence-electron chi connectivity index (χ2n) is 5.84. The molecule has 0 atom stereocenters. The number of benzene rings is 2. The molecule has 4 aromatic rings. The first-order valence-electron chi connectivity index (χ1n) is 8.02. The SMILES string of the molecule is O=C(Cn1nnc2ccccc21)Nc1cnn(Cc2ccc(Br)cc2)c1. The van der Waals surface area contributed by atoms with Crippen molar-refractivity contribution >= 4 is 38.6 Å². The number of hydrogen-bond donors (Lipinski definition) is 1. The van der Waals surface area contributed by atoms with Gasteiger partial charge in [0, 0.05) is 10.7 Å². The van der Waals surface area contributed by atoms with E-state index in [4.69, 9.17) is 0 Å². The molecule has 8 heteroatoms. The minimum Gasteiger partial charge on any atom is -0.322 e. The third kappa shape index (κ3) is 3.65. The van der Waals surface area contributed by atoms with Crippen molar-refractivity contribution in [2.45, 2.75) is 13.1 Å². The summed E-state index contributed by atoms with van der Waals surface area (Å²) < 4.78 is 4.40. The Balaban J connectivity index is 1.40. The summed E-state index contributed by atoms with van der Waals surface area (Å²) in [4.78, 5) is 12.3. The number of hydrogen-bond acceptors (Lipinski definition) is 4. The van der Waals surface area contributed by atoms with E-state index in [1.807, 2.05) is 48.5 Å². The fourth-order valence-electron chi connectivity index (χ4n) is 2.66. The molecule has 1 N–H and O–H groups in total. The average Bonchev–Trinajstić information content (AvgIpc) is 3.24. The number of halogens is 1. The molecule has 2 heterocycles. The molecule has 0 spiro atoms. The van der Waals surface area contributed by atoms with Crippen molar-refractivity contribution in [3.05, 3.63) is 71.0 Å². The summed E-state index contributed by atoms with van der Waals surface area (Å²) >= 11 is 3.42. The highest BCUT2D eigenvalue weighted by atomic mass is 79.9. The van der Waals surface area contributed by atoms with Gasteiger partial charge in [-0.1, -0.05) is 45.4 Å². The van der Waals surface area contributed by atoms with Crippen LogP contribution in [0.5, 0.6) is 0 Å². The van der Waals surface area contributed by atoms with Gasteiger partial charge in [-0.05, 0) is 29.8 Å². The van der Waals surface area contributed by atoms with E-state index in [0.29, 0.717) is 12.2 Å². The zero-order valence-corrected chi connectivity index (χ0v) is 15.3. The van der Waals surface area contributed by atoms with Gasteiger partial charge >= 0.3 is 0 Å². The number of amides is 1. The number of anilines is 1. The lowest BCUT2D eigenvalue weighted by Crippen LogP contribution is -2.19. The van der Waals surface area contributed by atoms with E-state index in [1.54, 1.807) is 21.8 Å². The van der Waals surface area contributed by atoms with Gasteiger partial charge < -0.3 is 5.32 Å². The molecule has 0 radical (unpaired) electrons. The second-order valence-corrected chi connectivity index (χ2v) is 6.75. The summed E-state index contributed by atoms with van der Waals surface area (Å²) in [6, 6.07) is 15.6. The molecule has 0 saturated heterocycles. The van der Waals surface area contributed by atoms with Crippen molar-refractivity contribution in [3.63, 3.8) is 0 Å². The monoisotopic (exact) mass is 410 g/mol. The summed E-state index contributed by atoms with van der Waals surface area (Å²) in [5, 5.41) is 15.2. The molecule has 0 fully saturated rings. The number of aromatic nitrogens is 5. The summed E-state index contributed by atoms with van der Waals surface area (Å²) in [7, 11) is 0. The summed E-state index contributed by atoms with van der Waals surface area (Å²) in [6.45, 7) is 0.731. The van der Waals surface area contributed by atoms with E-state index in [-0.39, 0.29) is 12.5 Å². The van der Waals surface area contributed by atoms with Crippen molar-refractivity contribution in [1.29, 1.82) is 0 Å². The molecule has 0 unspecified atom stereocenters. The van der Waals surface area contributed by atoms with Crippen molar-refractivity contribution in [3.8, 4) is 0 Å². The van der Waals surface area contributed by atoms with Crippen LogP contribution in [0.4, 0.5) is 5.69 Å². The first-order valence-corrected chi connectivity index (χ1v) is 8.82. The van der Waals surface area contributed by atoms with Crippen molar-refractivity contribution in [2.24, 2.45) is 0 Å². The molecular formula is C18H15BrN6O. The average molecular weight is 411 g/mol. The molecule has 1 amide bonds. The Hall–Kier alpha value is -3.00. The Morgan fingerprint density at radius 1 is 1.12 bits per heavy atom. The molecule has 7 nitrogen and oxygen atoms in total. The zero-order valence-electron chi connectivity index (χ0n) is 13.7. The van der Waals surface area contributed by atoms with Crippen LogP contribution in [0.2, 0.25) is 0 Å². The highest BCUT2D eigenvalue weighted by Gasteiger charge is 2.10. The summed E-state index contributed by atoms with van der Waals surface area (Å²) in [5.74, 6) is -0.177. The van der Waals surface area contributed by atoms with Gasteiger partial charge in [-0.2, -0.15) is 5.10 Å². The Labute approximate surface area is 157 Å². The number of rotatable bonds is 5. The maximum atomic E-state index is 12.3. The van der Waals surface area contributed by atoms with Crippen LogP contribution in [-0.4, -0.2) is 30.7 Å². The molecule has 0 aliphatic carbocycles. The fourth-order valence-corrected chi connectivity index (χ4v) is 2.93. The standard InChI is InChI=1S/C18H15BrN6O/c19-14-7-5-13(6-8-14)10-24-11-15(9-20-24)21-18(26)12-25-17-4-2-1-3-16(17)22-23-25/h1-9,11H,10,12H2,(H,21,26). The third-order valence-corrected chi connectivity index (χ3v) is 4.42. The van der Waals surface area contributed by atoms with Gasteiger partial charge in [0.1, 0.15) is 12.1 Å². The van der Waals surface area contributed by atoms with Gasteiger partial charge in [-0.15, -0.1) is 5.10 Å². The largest absolute Gasteiger partial charge is 0.322 e. The minimum atomic E-state index is -0.177. The molecule has 4 rings (SSSR count). The molecule has 0 aliphatic heterocycles. The second kappa shape index (κ2) is 7.09. The molecule has 0 bridgehead atoms. The number of para-hydroxylation sites is 1. The highest BCUT2D eigenvalue weighted by Crippen LogP contribution is 2.13. The molecule has 0 saturated carbocycles. The maximum Gasteiger partial charge on any atom is 0.246 e. The molecular weight excluding hydrogens is 396 g/mol. The van der Waals surface area contributed by atoms with Gasteiger partial charge in [0.05, 0.1) is 23.9 Å². The lowest BCUT2D eigenvalue weighted by Gasteiger charge is -2.04. The number of carbonyl (C=O) groups excluding carboxylic acids is 1. The van der Waals surface area contributed by atoms with Crippen LogP contribution in [0.3, 0.4) is 0 Å². The number of nitrogens with zero attached hydrogens (tertiary/aromatic N) is 5. The van der Waals surface area contributed by atoms with E-state index >= 15 is 0 Å². The number of nitrogens with one attached hydrogen (secondary N) is 1. The van der Waals surface area contributed by atoms with Crippen molar-refractivity contribution < 1.29 is 4.79 Å². The lowest BCUT2D eigenvalue weighted by atomic mass is 10.2. The molecule has 0 aliphatic rings. The predicted octanol–water partition coefficient (Wildman–Crippen LogP) is 3.08. The Bertz CT molecular complexity index is 1050. The fraction of sp³-hybridized carbons (Fsp3) is 0.111. The molecule has 2 aromatic carbocycles. The van der Waals surface area contributed by atoms with Gasteiger partial charge in [-0.3, -0.25) is 9.48 Å². The minimum absolute atomic E-state index is 0.0956. The highest BCUT2D eigenvalue weighted by molar-refractivity contribution is 9.10. The molecule has 2 aromatic heterocycles. The van der Waals surface area contributed by atoms with Crippen molar-refractivity contribution in [1.82, 2.24) is 24.8 Å². The van der Waals surface area contributed by atoms with Gasteiger partial charge in [-0.25, -0.2) is 4.68 Å². The smallest absolute Gasteiger partial charge is 0.246 e. The van der Waals surface area contributed by atoms with E-state index in [0.717, 1.165) is 21.1 Å². The molecule has 26 heavy (non-hydrogen) atoms. The Kier molecular flexibility index (Phi) is 4.49. The van der Waals surface area contributed by atoms with Gasteiger partial charge in [0.15, 0.2) is 0 Å². The van der Waals surface area contributed by atoms with Gasteiger partial charge in [0.25, 0.3) is 0 Å². The van der Waals surface area contributed by atoms with E-state index in [2.05, 4.69) is 36.7 Å². The normalized spacial score (nSPS) is 11.0. The van der Waals surface area contributed by atoms with Crippen LogP contribution in [0.25, 0.3) is 11.0 Å². The van der Waals surface area contributed by atoms with Crippen molar-refractivity contribution in [2.75, 3.05) is 5.32 Å². The van der Waals surface area contributed by atoms with Crippen LogP contribution in [-0.2, 0) is 17.9 Å². The van der Waals surface area contributed by atoms with Gasteiger partial charge in [0.2, 0.25) is 5.91 Å². The first-order chi connectivity index (χ1) is 12.7. The first kappa shape index (κ1) is 16.5. The predicted molar refractivity (Wildman–Crippen MR) is 102 cm³/mol. The topological polar surface area (TPSA) is 77.6 Å². The van der Waals surface area contributed by atoms with Crippen LogP contribution >= 0.6 is 15.9 Å². The summed E-state index contributed by atoms with van der Waals surface area (Å²) in [5.41, 5.74) is 3.37. The van der Waals surface area contributed by atoms with Crippen LogP contribution < -0.4 is 5.32 Å².